The van der Waals surface area contributed by atoms with Gasteiger partial charge in [-0.3, -0.25) is 4.99 Å². The second-order valence-corrected chi connectivity index (χ2v) is 3.60. The van der Waals surface area contributed by atoms with Crippen molar-refractivity contribution in [1.29, 1.82) is 0 Å². The molecular formula is C7H9NS. The summed E-state index contributed by atoms with van der Waals surface area (Å²) in [5, 5.41) is 2.99. The first kappa shape index (κ1) is 5.54. The third-order valence-corrected chi connectivity index (χ3v) is 3.01. The molecule has 0 spiro atoms. The van der Waals surface area contributed by atoms with Crippen LogP contribution >= 0.6 is 11.8 Å². The number of allylic oxidation sites excluding steroid dienone is 1. The summed E-state index contributed by atoms with van der Waals surface area (Å²) >= 11 is 1.93. The predicted molar refractivity (Wildman–Crippen MR) is 42.0 cm³/mol. The van der Waals surface area contributed by atoms with Crippen molar-refractivity contribution in [3.8, 4) is 0 Å². The van der Waals surface area contributed by atoms with E-state index in [1.54, 1.807) is 0 Å². The van der Waals surface area contributed by atoms with Crippen LogP contribution in [0.4, 0.5) is 0 Å². The molecule has 0 fully saturated rings. The summed E-state index contributed by atoms with van der Waals surface area (Å²) < 4.78 is 0. The van der Waals surface area contributed by atoms with Gasteiger partial charge in [-0.2, -0.15) is 0 Å². The molecule has 2 heterocycles. The van der Waals surface area contributed by atoms with Gasteiger partial charge in [-0.25, -0.2) is 0 Å². The van der Waals surface area contributed by atoms with Crippen molar-refractivity contribution in [3.63, 3.8) is 0 Å². The molecule has 0 aliphatic carbocycles. The van der Waals surface area contributed by atoms with Crippen LogP contribution in [-0.2, 0) is 0 Å². The first-order valence-electron chi connectivity index (χ1n) is 3.27. The lowest BCUT2D eigenvalue weighted by atomic mass is 10.0. The molecule has 0 amide bonds. The summed E-state index contributed by atoms with van der Waals surface area (Å²) in [6, 6.07) is 0. The molecule has 0 saturated carbocycles. The molecular weight excluding hydrogens is 130 g/mol. The Kier molecular flexibility index (Phi) is 1.34. The van der Waals surface area contributed by atoms with E-state index >= 15 is 0 Å². The molecule has 2 rings (SSSR count). The Morgan fingerprint density at radius 1 is 1.56 bits per heavy atom. The standard InChI is InChI=1S/C7H9NS/c1-3-8-5-7-6(1)2-4-9-7/h2-4,6-7H,1,5H2. The van der Waals surface area contributed by atoms with E-state index < -0.39 is 0 Å². The molecule has 0 aromatic carbocycles. The Hall–Kier alpha value is -0.240. The van der Waals surface area contributed by atoms with E-state index in [1.807, 2.05) is 11.8 Å². The second-order valence-electron chi connectivity index (χ2n) is 2.45. The normalized spacial score (nSPS) is 39.1. The summed E-state index contributed by atoms with van der Waals surface area (Å²) in [6.45, 7) is 1.03. The Balaban J connectivity index is 2.13. The van der Waals surface area contributed by atoms with Crippen molar-refractivity contribution < 1.29 is 0 Å². The van der Waals surface area contributed by atoms with Crippen molar-refractivity contribution in [1.82, 2.24) is 0 Å². The van der Waals surface area contributed by atoms with E-state index in [4.69, 9.17) is 0 Å². The van der Waals surface area contributed by atoms with Crippen molar-refractivity contribution in [2.45, 2.75) is 11.7 Å². The average molecular weight is 139 g/mol. The maximum absolute atomic E-state index is 4.23. The molecule has 2 aliphatic heterocycles. The van der Waals surface area contributed by atoms with E-state index in [0.717, 1.165) is 24.1 Å². The second kappa shape index (κ2) is 2.18. The van der Waals surface area contributed by atoms with Crippen LogP contribution < -0.4 is 0 Å². The Labute approximate surface area is 59.2 Å². The highest BCUT2D eigenvalue weighted by molar-refractivity contribution is 8.03. The third-order valence-electron chi connectivity index (χ3n) is 1.85. The zero-order valence-corrected chi connectivity index (χ0v) is 5.97. The van der Waals surface area contributed by atoms with Gasteiger partial charge in [0.1, 0.15) is 0 Å². The fourth-order valence-electron chi connectivity index (χ4n) is 1.26. The lowest BCUT2D eigenvalue weighted by molar-refractivity contribution is 0.633. The lowest BCUT2D eigenvalue weighted by Gasteiger charge is -2.17. The molecule has 0 aromatic rings. The van der Waals surface area contributed by atoms with E-state index in [9.17, 15) is 0 Å². The first-order chi connectivity index (χ1) is 4.47. The molecule has 0 bridgehead atoms. The number of hydrogen-bond donors (Lipinski definition) is 0. The summed E-state index contributed by atoms with van der Waals surface area (Å²) in [5.74, 6) is 0.799. The van der Waals surface area contributed by atoms with Crippen LogP contribution in [0.2, 0.25) is 0 Å². The van der Waals surface area contributed by atoms with Gasteiger partial charge in [-0.1, -0.05) is 6.08 Å². The van der Waals surface area contributed by atoms with Crippen LogP contribution in [0.1, 0.15) is 6.42 Å². The van der Waals surface area contributed by atoms with Gasteiger partial charge in [-0.05, 0) is 24.0 Å². The number of aliphatic imine (C=N–C) groups is 1. The van der Waals surface area contributed by atoms with Crippen LogP contribution in [0.25, 0.3) is 0 Å². The van der Waals surface area contributed by atoms with Crippen molar-refractivity contribution in [3.05, 3.63) is 11.5 Å². The third kappa shape index (κ3) is 0.917. The maximum atomic E-state index is 4.23. The van der Waals surface area contributed by atoms with E-state index in [2.05, 4.69) is 22.7 Å². The molecule has 2 heteroatoms. The van der Waals surface area contributed by atoms with Gasteiger partial charge in [0.05, 0.1) is 6.54 Å². The quantitative estimate of drug-likeness (QED) is 0.497. The van der Waals surface area contributed by atoms with Crippen molar-refractivity contribution >= 4 is 18.0 Å². The topological polar surface area (TPSA) is 12.4 Å². The van der Waals surface area contributed by atoms with Gasteiger partial charge < -0.3 is 0 Å². The highest BCUT2D eigenvalue weighted by Gasteiger charge is 2.24. The highest BCUT2D eigenvalue weighted by atomic mass is 32.2. The largest absolute Gasteiger partial charge is 0.296 e. The summed E-state index contributed by atoms with van der Waals surface area (Å²) in [7, 11) is 0. The van der Waals surface area contributed by atoms with Gasteiger partial charge in [0.2, 0.25) is 0 Å². The van der Waals surface area contributed by atoms with Crippen LogP contribution in [0.15, 0.2) is 16.5 Å². The minimum atomic E-state index is 0.773. The molecule has 0 aromatic heterocycles. The lowest BCUT2D eigenvalue weighted by Crippen LogP contribution is -2.19. The van der Waals surface area contributed by atoms with Gasteiger partial charge in [-0.15, -0.1) is 11.8 Å². The van der Waals surface area contributed by atoms with Gasteiger partial charge in [0.15, 0.2) is 0 Å². The minimum Gasteiger partial charge on any atom is -0.296 e. The van der Waals surface area contributed by atoms with Crippen LogP contribution in [-0.4, -0.2) is 18.0 Å². The molecule has 9 heavy (non-hydrogen) atoms. The Morgan fingerprint density at radius 2 is 2.56 bits per heavy atom. The van der Waals surface area contributed by atoms with Gasteiger partial charge in [0.25, 0.3) is 0 Å². The molecule has 2 unspecified atom stereocenters. The number of rotatable bonds is 0. The maximum Gasteiger partial charge on any atom is 0.0513 e. The smallest absolute Gasteiger partial charge is 0.0513 e. The minimum absolute atomic E-state index is 0.773. The zero-order valence-electron chi connectivity index (χ0n) is 5.16. The molecule has 1 nitrogen and oxygen atoms in total. The number of thioether (sulfide) groups is 1. The monoisotopic (exact) mass is 139 g/mol. The van der Waals surface area contributed by atoms with Gasteiger partial charge >= 0.3 is 0 Å². The molecule has 2 atom stereocenters. The molecule has 2 aliphatic rings. The van der Waals surface area contributed by atoms with Crippen LogP contribution in [0.5, 0.6) is 0 Å². The predicted octanol–water partition coefficient (Wildman–Crippen LogP) is 1.71. The first-order valence-corrected chi connectivity index (χ1v) is 4.21. The van der Waals surface area contributed by atoms with E-state index in [1.165, 1.54) is 0 Å². The van der Waals surface area contributed by atoms with Crippen molar-refractivity contribution in [2.24, 2.45) is 10.9 Å². The molecule has 0 radical (unpaired) electrons. The van der Waals surface area contributed by atoms with Crippen LogP contribution in [0, 0.1) is 5.92 Å². The molecule has 48 valence electrons. The fourth-order valence-corrected chi connectivity index (χ4v) is 2.33. The summed E-state index contributed by atoms with van der Waals surface area (Å²) in [4.78, 5) is 4.23. The number of nitrogens with zero attached hydrogens (tertiary/aromatic N) is 1. The fraction of sp³-hybridized carbons (Fsp3) is 0.571. The number of hydrogen-bond acceptors (Lipinski definition) is 2. The SMILES string of the molecule is C1=CC2CC=NCC2S1. The van der Waals surface area contributed by atoms with E-state index in [0.29, 0.717) is 0 Å². The summed E-state index contributed by atoms with van der Waals surface area (Å²) in [6.07, 6.45) is 5.52. The van der Waals surface area contributed by atoms with Crippen LogP contribution in [0.3, 0.4) is 0 Å². The molecule has 0 N–H and O–H groups in total. The average Bonchev–Trinajstić information content (AvgIpc) is 2.33. The summed E-state index contributed by atoms with van der Waals surface area (Å²) in [5.41, 5.74) is 0. The van der Waals surface area contributed by atoms with Crippen molar-refractivity contribution in [2.75, 3.05) is 6.54 Å². The molecule has 0 saturated heterocycles. The Morgan fingerprint density at radius 3 is 3.44 bits per heavy atom. The number of fused-ring (bicyclic) bond motifs is 1. The Bertz CT molecular complexity index is 162. The zero-order chi connectivity index (χ0) is 6.10. The van der Waals surface area contributed by atoms with E-state index in [-0.39, 0.29) is 0 Å². The van der Waals surface area contributed by atoms with Gasteiger partial charge in [0, 0.05) is 5.25 Å². The highest BCUT2D eigenvalue weighted by Crippen LogP contribution is 2.33.